The number of carbonyl (C=O) groups is 1. The fourth-order valence-electron chi connectivity index (χ4n) is 3.19. The van der Waals surface area contributed by atoms with Crippen LogP contribution in [0, 0.1) is 5.92 Å². The molecular formula is C16H14F6N4O2. The van der Waals surface area contributed by atoms with Gasteiger partial charge < -0.3 is 10.4 Å². The molecule has 1 aromatic carbocycles. The maximum absolute atomic E-state index is 13.8. The highest BCUT2D eigenvalue weighted by molar-refractivity contribution is 6.12. The molecule has 0 saturated carbocycles. The van der Waals surface area contributed by atoms with Crippen LogP contribution < -0.4 is 5.32 Å². The number of nitrogens with one attached hydrogen (secondary N) is 1. The van der Waals surface area contributed by atoms with Gasteiger partial charge in [0.1, 0.15) is 11.8 Å². The number of alkyl halides is 6. The maximum Gasteiger partial charge on any atom is 0.416 e. The zero-order valence-corrected chi connectivity index (χ0v) is 14.2. The normalized spacial score (nSPS) is 23.7. The van der Waals surface area contributed by atoms with Gasteiger partial charge in [0, 0.05) is 0 Å². The molecule has 1 aromatic rings. The maximum atomic E-state index is 13.8. The number of rotatable bonds is 3. The van der Waals surface area contributed by atoms with Crippen LogP contribution in [0.3, 0.4) is 0 Å². The number of carbonyl (C=O) groups excluding carboxylic acids is 1. The van der Waals surface area contributed by atoms with Gasteiger partial charge in [-0.3, -0.25) is 9.80 Å². The summed E-state index contributed by atoms with van der Waals surface area (Å²) in [5.74, 6) is -1.83. The summed E-state index contributed by atoms with van der Waals surface area (Å²) in [6, 6.07) is 0.0544. The molecule has 1 amide bonds. The minimum atomic E-state index is -4.93. The predicted molar refractivity (Wildman–Crippen MR) is 85.1 cm³/mol. The number of aliphatic imine (C=N–C) groups is 1. The van der Waals surface area contributed by atoms with Crippen LogP contribution in [0.15, 0.2) is 34.4 Å². The van der Waals surface area contributed by atoms with E-state index in [0.717, 1.165) is 0 Å². The molecule has 6 nitrogen and oxygen atoms in total. The minimum Gasteiger partial charge on any atom is -0.390 e. The van der Waals surface area contributed by atoms with Crippen LogP contribution in [0.4, 0.5) is 26.3 Å². The van der Waals surface area contributed by atoms with Crippen molar-refractivity contribution in [1.29, 1.82) is 0 Å². The zero-order chi connectivity index (χ0) is 20.9. The first-order valence-electron chi connectivity index (χ1n) is 7.99. The summed E-state index contributed by atoms with van der Waals surface area (Å²) in [5.41, 5.74) is -1.80. The first kappa shape index (κ1) is 20.1. The summed E-state index contributed by atoms with van der Waals surface area (Å²) in [4.78, 5) is 16.1. The van der Waals surface area contributed by atoms with Gasteiger partial charge in [-0.25, -0.2) is 4.99 Å². The molecule has 0 spiro atoms. The van der Waals surface area contributed by atoms with Gasteiger partial charge in [-0.05, 0) is 24.6 Å². The van der Waals surface area contributed by atoms with E-state index in [1.54, 1.807) is 0 Å². The second kappa shape index (κ2) is 6.76. The highest BCUT2D eigenvalue weighted by Gasteiger charge is 2.54. The summed E-state index contributed by atoms with van der Waals surface area (Å²) in [6.07, 6.45) is -11.0. The lowest BCUT2D eigenvalue weighted by Crippen LogP contribution is -2.51. The van der Waals surface area contributed by atoms with Crippen molar-refractivity contribution in [3.05, 3.63) is 35.4 Å². The molecule has 0 saturated heterocycles. The van der Waals surface area contributed by atoms with E-state index < -0.39 is 54.1 Å². The summed E-state index contributed by atoms with van der Waals surface area (Å²) in [7, 11) is 0. The number of hydrogen-bond acceptors (Lipinski definition) is 5. The largest absolute Gasteiger partial charge is 0.416 e. The number of halogens is 6. The Morgan fingerprint density at radius 2 is 1.79 bits per heavy atom. The van der Waals surface area contributed by atoms with E-state index in [0.29, 0.717) is 29.3 Å². The van der Waals surface area contributed by atoms with E-state index in [4.69, 9.17) is 0 Å². The van der Waals surface area contributed by atoms with Crippen molar-refractivity contribution in [3.63, 3.8) is 0 Å². The van der Waals surface area contributed by atoms with Crippen LogP contribution in [0.2, 0.25) is 0 Å². The number of aliphatic hydroxyl groups is 1. The fourth-order valence-corrected chi connectivity index (χ4v) is 3.19. The summed E-state index contributed by atoms with van der Waals surface area (Å²) in [5, 5.41) is 16.0. The molecule has 0 radical (unpaired) electrons. The lowest BCUT2D eigenvalue weighted by molar-refractivity contribution is -0.192. The molecule has 152 valence electrons. The van der Waals surface area contributed by atoms with E-state index in [-0.39, 0.29) is 11.5 Å². The Labute approximate surface area is 154 Å². The van der Waals surface area contributed by atoms with Gasteiger partial charge in [-0.15, -0.1) is 0 Å². The van der Waals surface area contributed by atoms with E-state index in [1.807, 2.05) is 0 Å². The Morgan fingerprint density at radius 3 is 2.29 bits per heavy atom. The molecule has 2 N–H and O–H groups in total. The van der Waals surface area contributed by atoms with Crippen LogP contribution in [0.25, 0.3) is 0 Å². The number of aliphatic hydroxyl groups excluding tert-OH is 1. The zero-order valence-electron chi connectivity index (χ0n) is 14.2. The second-order valence-electron chi connectivity index (χ2n) is 6.29. The van der Waals surface area contributed by atoms with Crippen molar-refractivity contribution in [3.8, 4) is 0 Å². The van der Waals surface area contributed by atoms with Gasteiger partial charge in [0.2, 0.25) is 5.91 Å². The quantitative estimate of drug-likeness (QED) is 0.755. The standard InChI is InChI=1S/C16H14F6N4O2/c1-7-23-13-11(14(28)24-7)10(6-27)25-26(13)12(16(20,21)22)8-2-4-9(5-3-8)15(17,18)19/h2-5,11-13,27H,6H2,1H3,(H,23,24,28). The van der Waals surface area contributed by atoms with Gasteiger partial charge in [0.15, 0.2) is 12.2 Å². The highest BCUT2D eigenvalue weighted by Crippen LogP contribution is 2.43. The third-order valence-corrected chi connectivity index (χ3v) is 4.37. The number of amides is 1. The van der Waals surface area contributed by atoms with Gasteiger partial charge in [-0.2, -0.15) is 31.4 Å². The lowest BCUT2D eigenvalue weighted by atomic mass is 9.97. The molecule has 2 aliphatic heterocycles. The van der Waals surface area contributed by atoms with Crippen LogP contribution in [-0.4, -0.2) is 46.5 Å². The topological polar surface area (TPSA) is 77.3 Å². The molecule has 3 unspecified atom stereocenters. The van der Waals surface area contributed by atoms with Gasteiger partial charge >= 0.3 is 12.4 Å². The Bertz CT molecular complexity index is 831. The van der Waals surface area contributed by atoms with Crippen molar-refractivity contribution in [1.82, 2.24) is 10.3 Å². The first-order valence-corrected chi connectivity index (χ1v) is 7.99. The van der Waals surface area contributed by atoms with Crippen molar-refractivity contribution < 1.29 is 36.2 Å². The number of fused-ring (bicyclic) bond motifs is 1. The molecule has 0 aliphatic carbocycles. The molecule has 12 heteroatoms. The van der Waals surface area contributed by atoms with E-state index in [1.165, 1.54) is 6.92 Å². The van der Waals surface area contributed by atoms with Crippen LogP contribution in [0.1, 0.15) is 24.1 Å². The number of hydrazone groups is 1. The second-order valence-corrected chi connectivity index (χ2v) is 6.29. The fraction of sp³-hybridized carbons (Fsp3) is 0.438. The van der Waals surface area contributed by atoms with Crippen LogP contribution in [-0.2, 0) is 11.0 Å². The lowest BCUT2D eigenvalue weighted by Gasteiger charge is -2.35. The predicted octanol–water partition coefficient (Wildman–Crippen LogP) is 2.46. The highest BCUT2D eigenvalue weighted by atomic mass is 19.4. The smallest absolute Gasteiger partial charge is 0.390 e. The third-order valence-electron chi connectivity index (χ3n) is 4.37. The number of nitrogens with zero attached hydrogens (tertiary/aromatic N) is 3. The van der Waals surface area contributed by atoms with E-state index in [9.17, 15) is 36.2 Å². The molecule has 0 fully saturated rings. The monoisotopic (exact) mass is 408 g/mol. The molecule has 0 bridgehead atoms. The molecule has 0 aromatic heterocycles. The average Bonchev–Trinajstić information content (AvgIpc) is 2.92. The van der Waals surface area contributed by atoms with E-state index >= 15 is 0 Å². The first-order chi connectivity index (χ1) is 12.9. The Hall–Kier alpha value is -2.63. The Kier molecular flexibility index (Phi) is 4.86. The number of benzene rings is 1. The molecule has 3 rings (SSSR count). The average molecular weight is 408 g/mol. The van der Waals surface area contributed by atoms with Crippen LogP contribution in [0.5, 0.6) is 0 Å². The minimum absolute atomic E-state index is 0.0685. The summed E-state index contributed by atoms with van der Waals surface area (Å²) < 4.78 is 79.6. The third kappa shape index (κ3) is 3.55. The molecular weight excluding hydrogens is 394 g/mol. The van der Waals surface area contributed by atoms with E-state index in [2.05, 4.69) is 15.4 Å². The Morgan fingerprint density at radius 1 is 1.18 bits per heavy atom. The van der Waals surface area contributed by atoms with Gasteiger partial charge in [0.05, 0.1) is 17.9 Å². The molecule has 2 heterocycles. The number of amidine groups is 1. The van der Waals surface area contributed by atoms with Gasteiger partial charge in [-0.1, -0.05) is 12.1 Å². The molecule has 3 atom stereocenters. The van der Waals surface area contributed by atoms with Gasteiger partial charge in [0.25, 0.3) is 0 Å². The van der Waals surface area contributed by atoms with Crippen molar-refractivity contribution in [2.24, 2.45) is 16.0 Å². The Balaban J connectivity index is 2.06. The van der Waals surface area contributed by atoms with Crippen molar-refractivity contribution >= 4 is 17.5 Å². The molecule has 2 aliphatic rings. The summed E-state index contributed by atoms with van der Waals surface area (Å²) >= 11 is 0. The number of hydrogen-bond donors (Lipinski definition) is 2. The van der Waals surface area contributed by atoms with Crippen molar-refractivity contribution in [2.45, 2.75) is 31.5 Å². The summed E-state index contributed by atoms with van der Waals surface area (Å²) in [6.45, 7) is 0.612. The SMILES string of the molecule is CC1=NC2C(C(=O)N1)C(CO)=NN2C(c1ccc(C(F)(F)F)cc1)C(F)(F)F. The molecule has 28 heavy (non-hydrogen) atoms. The van der Waals surface area contributed by atoms with Crippen LogP contribution >= 0.6 is 0 Å². The van der Waals surface area contributed by atoms with Crippen molar-refractivity contribution in [2.75, 3.05) is 6.61 Å².